The van der Waals surface area contributed by atoms with Crippen LogP contribution in [0.5, 0.6) is 0 Å². The maximum Gasteiger partial charge on any atom is 0.115 e. The lowest BCUT2D eigenvalue weighted by Crippen LogP contribution is -2.54. The smallest absolute Gasteiger partial charge is 0.115 e. The maximum absolute atomic E-state index is 11.7. The Labute approximate surface area is 695 Å². The van der Waals surface area contributed by atoms with Gasteiger partial charge >= 0.3 is 0 Å². The van der Waals surface area contributed by atoms with Crippen molar-refractivity contribution in [2.45, 2.75) is 153 Å². The summed E-state index contributed by atoms with van der Waals surface area (Å²) in [6.45, 7) is 0.659. The van der Waals surface area contributed by atoms with E-state index in [4.69, 9.17) is 66.3 Å². The summed E-state index contributed by atoms with van der Waals surface area (Å²) in [5.41, 5.74) is 10.9. The fourth-order valence-electron chi connectivity index (χ4n) is 13.8. The van der Waals surface area contributed by atoms with E-state index in [1.807, 2.05) is 364 Å². The minimum absolute atomic E-state index is 0.0835. The summed E-state index contributed by atoms with van der Waals surface area (Å²) < 4.78 is 101. The van der Waals surface area contributed by atoms with Gasteiger partial charge in [-0.1, -0.05) is 364 Å². The topological polar surface area (TPSA) is 170 Å². The molecule has 12 aromatic rings. The molecule has 0 radical (unpaired) electrons. The van der Waals surface area contributed by atoms with Crippen molar-refractivity contribution in [2.75, 3.05) is 39.6 Å². The highest BCUT2D eigenvalue weighted by atomic mass is 16.6. The Hall–Kier alpha value is -10.0. The summed E-state index contributed by atoms with van der Waals surface area (Å²) >= 11 is 0. The average Bonchev–Trinajstić information content (AvgIpc) is 0.830. The van der Waals surface area contributed by atoms with Gasteiger partial charge < -0.3 is 76.5 Å². The third-order valence-corrected chi connectivity index (χ3v) is 20.2. The van der Waals surface area contributed by atoms with Crippen LogP contribution in [-0.4, -0.2) is 123 Å². The van der Waals surface area contributed by atoms with E-state index in [1.54, 1.807) is 0 Å². The van der Waals surface area contributed by atoms with Crippen LogP contribution in [0.25, 0.3) is 0 Å². The summed E-state index contributed by atoms with van der Waals surface area (Å²) in [5.74, 6) is 0. The van der Waals surface area contributed by atoms with Crippen LogP contribution in [0.1, 0.15) is 66.8 Å². The van der Waals surface area contributed by atoms with Crippen molar-refractivity contribution >= 4 is 0 Å². The number of benzene rings is 12. The van der Waals surface area contributed by atoms with Crippen molar-refractivity contribution in [1.82, 2.24) is 0 Å². The molecule has 0 aliphatic rings. The molecule has 0 saturated carbocycles. The third kappa shape index (κ3) is 29.8. The van der Waals surface area contributed by atoms with Crippen molar-refractivity contribution in [3.63, 3.8) is 0 Å². The van der Waals surface area contributed by atoms with Crippen molar-refractivity contribution in [3.8, 4) is 0 Å². The second kappa shape index (κ2) is 50.7. The number of hydrogen-bond donors (Lipinski definition) is 2. The Morgan fingerprint density at radius 2 is 0.254 bits per heavy atom. The minimum atomic E-state index is -1.01. The van der Waals surface area contributed by atoms with Gasteiger partial charge in [0.05, 0.1) is 119 Å². The minimum Gasteiger partial charge on any atom is -0.394 e. The lowest BCUT2D eigenvalue weighted by atomic mass is 10.0. The normalized spacial score (nSPS) is 14.7. The zero-order valence-corrected chi connectivity index (χ0v) is 66.9. The van der Waals surface area contributed by atoms with Gasteiger partial charge in [-0.15, -0.1) is 0 Å². The van der Waals surface area contributed by atoms with E-state index in [2.05, 4.69) is 0 Å². The van der Waals surface area contributed by atoms with Gasteiger partial charge in [0.2, 0.25) is 0 Å². The molecule has 0 aliphatic heterocycles. The van der Waals surface area contributed by atoms with Crippen molar-refractivity contribution in [2.24, 2.45) is 0 Å². The second-order valence-corrected chi connectivity index (χ2v) is 29.0. The van der Waals surface area contributed by atoms with Gasteiger partial charge in [-0.2, -0.15) is 0 Å². The number of hydrogen-bond acceptors (Lipinski definition) is 16. The van der Waals surface area contributed by atoms with Crippen molar-refractivity contribution < 1.29 is 76.5 Å². The van der Waals surface area contributed by atoms with Crippen LogP contribution >= 0.6 is 0 Å². The van der Waals surface area contributed by atoms with Crippen LogP contribution < -0.4 is 0 Å². The highest BCUT2D eigenvalue weighted by molar-refractivity contribution is 5.23. The molecule has 2 N–H and O–H groups in total. The van der Waals surface area contributed by atoms with Crippen LogP contribution in [0.15, 0.2) is 364 Å². The molecule has 0 saturated heterocycles. The molecule has 0 unspecified atom stereocenters. The van der Waals surface area contributed by atoms with Gasteiger partial charge in [0, 0.05) is 0 Å². The quantitative estimate of drug-likeness (QED) is 0.0369. The molecule has 0 heterocycles. The largest absolute Gasteiger partial charge is 0.394 e. The van der Waals surface area contributed by atoms with Crippen molar-refractivity contribution in [3.05, 3.63) is 431 Å². The van der Waals surface area contributed by atoms with E-state index in [-0.39, 0.29) is 106 Å². The molecule has 0 aromatic heterocycles. The second-order valence-electron chi connectivity index (χ2n) is 29.0. The van der Waals surface area contributed by atoms with Crippen LogP contribution in [-0.2, 0) is 146 Å². The van der Waals surface area contributed by atoms with E-state index in [0.717, 1.165) is 66.8 Å². The summed E-state index contributed by atoms with van der Waals surface area (Å²) in [5, 5.41) is 23.4. The summed E-state index contributed by atoms with van der Waals surface area (Å²) in [6, 6.07) is 119. The molecule has 614 valence electrons. The zero-order valence-electron chi connectivity index (χ0n) is 66.9. The number of aliphatic hydroxyl groups excluding tert-OH is 2. The standard InChI is InChI=1S/C102H110O16/c103-61-91(107-63-79-37-13-1-14-38-79)97(113-69-85-49-25-7-26-50-85)99(115-71-87-53-29-9-30-54-87)93(109-65-81-41-17-3-18-42-81)75-105-77-95(111-67-83-45-21-5-22-46-83)101(117-73-89-57-33-11-34-58-89)102(118-74-90-59-35-12-36-60-90)96(112-68-84-47-23-6-24-48-84)78-106-76-94(110-66-82-43-19-4-20-44-82)100(116-72-88-55-31-10-32-56-88)98(114-70-86-51-27-8-28-52-86)92(62-104)108-64-80-39-15-2-16-40-80/h1-60,91-104H,61-78H2/t91-,92-,93-,94-,95-,96-,97-,98-,99-,100-,101-,102-/m1/s1. The number of aliphatic hydroxyl groups is 2. The monoisotopic (exact) mass is 1590 g/mol. The van der Waals surface area contributed by atoms with Gasteiger partial charge in [0.25, 0.3) is 0 Å². The fourth-order valence-corrected chi connectivity index (χ4v) is 13.8. The molecule has 118 heavy (non-hydrogen) atoms. The summed E-state index contributed by atoms with van der Waals surface area (Å²) in [7, 11) is 0. The van der Waals surface area contributed by atoms with Crippen molar-refractivity contribution in [1.29, 1.82) is 0 Å². The Morgan fingerprint density at radius 1 is 0.144 bits per heavy atom. The van der Waals surface area contributed by atoms with Gasteiger partial charge in [-0.3, -0.25) is 0 Å². The molecule has 12 atom stereocenters. The van der Waals surface area contributed by atoms with Gasteiger partial charge in [-0.05, 0) is 66.8 Å². The Bertz CT molecular complexity index is 4230. The van der Waals surface area contributed by atoms with Gasteiger partial charge in [0.15, 0.2) is 0 Å². The molecular weight excluding hydrogens is 1480 g/mol. The number of rotatable bonds is 55. The van der Waals surface area contributed by atoms with Crippen LogP contribution in [0.2, 0.25) is 0 Å². The summed E-state index contributed by atoms with van der Waals surface area (Å²) in [4.78, 5) is 0. The van der Waals surface area contributed by atoms with Crippen LogP contribution in [0, 0.1) is 0 Å². The average molecular weight is 1590 g/mol. The van der Waals surface area contributed by atoms with E-state index in [1.165, 1.54) is 0 Å². The molecule has 0 fully saturated rings. The Kier molecular flexibility index (Phi) is 37.5. The molecule has 12 aromatic carbocycles. The van der Waals surface area contributed by atoms with E-state index in [0.29, 0.717) is 0 Å². The fraction of sp³-hybridized carbons (Fsp3) is 0.294. The molecule has 0 spiro atoms. The highest BCUT2D eigenvalue weighted by Crippen LogP contribution is 2.30. The maximum atomic E-state index is 11.7. The Balaban J connectivity index is 0.943. The van der Waals surface area contributed by atoms with E-state index < -0.39 is 86.5 Å². The van der Waals surface area contributed by atoms with Crippen LogP contribution in [0.3, 0.4) is 0 Å². The first-order chi connectivity index (χ1) is 58.5. The first kappa shape index (κ1) is 87.3. The SMILES string of the molecule is OC[C@@H](OCc1ccccc1)[C@@H](OCc1ccccc1)[C@H](OCc1ccccc1)[C@@H](COC[C@@H](OCc1ccccc1)[C@@H](OCc1ccccc1)[C@H](OCc1ccccc1)[C@@H](COC[C@@H](OCc1ccccc1)[C@@H](OCc1ccccc1)[C@H](OCc1ccccc1)[C@@H](CO)OCc1ccccc1)OCc1ccccc1)OCc1ccccc1. The third-order valence-electron chi connectivity index (χ3n) is 20.2. The molecule has 16 nitrogen and oxygen atoms in total. The predicted molar refractivity (Wildman–Crippen MR) is 456 cm³/mol. The lowest BCUT2D eigenvalue weighted by molar-refractivity contribution is -0.223. The van der Waals surface area contributed by atoms with Gasteiger partial charge in [0.1, 0.15) is 73.2 Å². The molecule has 12 rings (SSSR count). The van der Waals surface area contributed by atoms with Gasteiger partial charge in [-0.25, -0.2) is 0 Å². The molecule has 0 amide bonds. The highest BCUT2D eigenvalue weighted by Gasteiger charge is 2.44. The van der Waals surface area contributed by atoms with Crippen LogP contribution in [0.4, 0.5) is 0 Å². The molecular formula is C102H110O16. The predicted octanol–water partition coefficient (Wildman–Crippen LogP) is 18.0. The summed E-state index contributed by atoms with van der Waals surface area (Å²) in [6.07, 6.45) is -11.3. The van der Waals surface area contributed by atoms with E-state index >= 15 is 0 Å². The number of ether oxygens (including phenoxy) is 14. The molecule has 16 heteroatoms. The Morgan fingerprint density at radius 3 is 0.381 bits per heavy atom. The van der Waals surface area contributed by atoms with E-state index in [9.17, 15) is 10.2 Å². The first-order valence-electron chi connectivity index (χ1n) is 40.7. The first-order valence-corrected chi connectivity index (χ1v) is 40.7. The molecule has 0 bridgehead atoms. The zero-order chi connectivity index (χ0) is 80.9. The molecule has 0 aliphatic carbocycles. The lowest BCUT2D eigenvalue weighted by Gasteiger charge is -2.39.